The Balaban J connectivity index is 1.39. The lowest BCUT2D eigenvalue weighted by molar-refractivity contribution is -0.408. The van der Waals surface area contributed by atoms with Gasteiger partial charge in [0.15, 0.2) is 11.4 Å². The largest absolute Gasteiger partial charge is 0.393 e. The number of rotatable bonds is 11. The second-order valence-electron chi connectivity index (χ2n) is 14.1. The molecular weight excluding hydrogens is 588 g/mol. The van der Waals surface area contributed by atoms with Crippen LogP contribution in [0.3, 0.4) is 0 Å². The van der Waals surface area contributed by atoms with Gasteiger partial charge in [-0.1, -0.05) is 87.9 Å². The van der Waals surface area contributed by atoms with Gasteiger partial charge in [0.25, 0.3) is 0 Å². The molecule has 7 rings (SSSR count). The molecule has 0 spiro atoms. The predicted octanol–water partition coefficient (Wildman–Crippen LogP) is 4.06. The normalized spacial score (nSPS) is 46.7. The smallest absolute Gasteiger partial charge is 0.306 e. The van der Waals surface area contributed by atoms with Gasteiger partial charge in [0.1, 0.15) is 29.5 Å². The third-order valence-electron chi connectivity index (χ3n) is 11.6. The highest BCUT2D eigenvalue weighted by Gasteiger charge is 2.90. The van der Waals surface area contributed by atoms with Gasteiger partial charge < -0.3 is 39.0 Å². The standard InChI is InChI=1S/C37H46O9/c1-6-7-8-9-10-11-15-18-34-44-31-27-30-33(21-38,43-30)32(40)35(41)26(19-23(4)28(35)39)37(27,46-34)24(5)29(36(31,45-34)22(2)3)42-20-25-16-13-12-14-17-25/h10-19,24,26-27,29-32,38,40-41H,2,6-9,20-21H2,1,3-5H3. The van der Waals surface area contributed by atoms with Gasteiger partial charge in [0, 0.05) is 23.8 Å². The van der Waals surface area contributed by atoms with Crippen molar-refractivity contribution in [3.63, 3.8) is 0 Å². The van der Waals surface area contributed by atoms with E-state index in [0.29, 0.717) is 11.1 Å². The number of fused-ring (bicyclic) bond motifs is 3. The molecule has 2 saturated carbocycles. The molecule has 3 saturated heterocycles. The highest BCUT2D eigenvalue weighted by atomic mass is 16.9. The number of benzene rings is 1. The minimum Gasteiger partial charge on any atom is -0.393 e. The molecule has 3 heterocycles. The summed E-state index contributed by atoms with van der Waals surface area (Å²) in [4.78, 5) is 13.8. The van der Waals surface area contributed by atoms with Crippen LogP contribution in [0.25, 0.3) is 0 Å². The first-order valence-corrected chi connectivity index (χ1v) is 16.6. The number of aliphatic hydroxyl groups is 3. The highest BCUT2D eigenvalue weighted by molar-refractivity contribution is 6.05. The molecule has 12 atom stereocenters. The molecule has 12 unspecified atom stereocenters. The van der Waals surface area contributed by atoms with Crippen molar-refractivity contribution in [1.29, 1.82) is 0 Å². The molecule has 9 heteroatoms. The summed E-state index contributed by atoms with van der Waals surface area (Å²) < 4.78 is 33.9. The number of carbonyl (C=O) groups excluding carboxylic acids is 1. The van der Waals surface area contributed by atoms with Gasteiger partial charge in [0.2, 0.25) is 0 Å². The van der Waals surface area contributed by atoms with Crippen LogP contribution in [0.5, 0.6) is 0 Å². The monoisotopic (exact) mass is 634 g/mol. The van der Waals surface area contributed by atoms with Crippen molar-refractivity contribution < 1.29 is 43.8 Å². The minimum atomic E-state index is -2.32. The van der Waals surface area contributed by atoms with Crippen LogP contribution in [0.2, 0.25) is 0 Å². The maximum atomic E-state index is 13.8. The Morgan fingerprint density at radius 2 is 1.87 bits per heavy atom. The van der Waals surface area contributed by atoms with E-state index in [4.69, 9.17) is 23.7 Å². The highest BCUT2D eigenvalue weighted by Crippen LogP contribution is 2.73. The molecule has 3 aliphatic carbocycles. The zero-order valence-corrected chi connectivity index (χ0v) is 27.1. The van der Waals surface area contributed by atoms with E-state index >= 15 is 0 Å². The number of carbonyl (C=O) groups is 1. The van der Waals surface area contributed by atoms with Crippen molar-refractivity contribution in [2.75, 3.05) is 6.61 Å². The molecule has 3 aliphatic heterocycles. The number of hydrogen-bond donors (Lipinski definition) is 3. The van der Waals surface area contributed by atoms with Gasteiger partial charge >= 0.3 is 5.97 Å². The first-order chi connectivity index (χ1) is 22.0. The summed E-state index contributed by atoms with van der Waals surface area (Å²) in [6.07, 6.45) is 9.66. The third-order valence-corrected chi connectivity index (χ3v) is 11.6. The Morgan fingerprint density at radius 1 is 1.11 bits per heavy atom. The van der Waals surface area contributed by atoms with Gasteiger partial charge in [-0.15, -0.1) is 0 Å². The molecule has 0 radical (unpaired) electrons. The SMILES string of the molecule is C=C(C)C12OC3(C=CC=CCCCCC)OC1C1C4OC4(CO)C(O)C4(O)C(=O)C(C)=CC4C1(O3)C(C)C2OCc1ccccc1. The van der Waals surface area contributed by atoms with E-state index < -0.39 is 82.9 Å². The molecule has 248 valence electrons. The average molecular weight is 635 g/mol. The van der Waals surface area contributed by atoms with Crippen molar-refractivity contribution in [3.05, 3.63) is 84.0 Å². The van der Waals surface area contributed by atoms with Crippen LogP contribution in [-0.2, 0) is 35.1 Å². The zero-order valence-electron chi connectivity index (χ0n) is 27.1. The molecule has 3 bridgehead atoms. The van der Waals surface area contributed by atoms with Crippen LogP contribution < -0.4 is 0 Å². The summed E-state index contributed by atoms with van der Waals surface area (Å²) in [5.41, 5.74) is -4.58. The Hall–Kier alpha value is -2.47. The Bertz CT molecular complexity index is 1490. The first-order valence-electron chi connectivity index (χ1n) is 16.6. The number of ketones is 1. The van der Waals surface area contributed by atoms with Crippen molar-refractivity contribution >= 4 is 5.78 Å². The maximum absolute atomic E-state index is 13.8. The van der Waals surface area contributed by atoms with E-state index in [2.05, 4.69) is 19.6 Å². The van der Waals surface area contributed by atoms with E-state index in [-0.39, 0.29) is 6.61 Å². The molecule has 5 fully saturated rings. The second-order valence-corrected chi connectivity index (χ2v) is 14.1. The quantitative estimate of drug-likeness (QED) is 0.143. The number of hydrogen-bond acceptors (Lipinski definition) is 9. The van der Waals surface area contributed by atoms with E-state index in [1.54, 1.807) is 19.1 Å². The lowest BCUT2D eigenvalue weighted by Crippen LogP contribution is -2.76. The topological polar surface area (TPSA) is 127 Å². The minimum absolute atomic E-state index is 0.261. The summed E-state index contributed by atoms with van der Waals surface area (Å²) in [5.74, 6) is -4.54. The molecule has 9 nitrogen and oxygen atoms in total. The molecule has 6 aliphatic rings. The van der Waals surface area contributed by atoms with Crippen LogP contribution in [-0.4, -0.2) is 80.5 Å². The number of unbranched alkanes of at least 4 members (excludes halogenated alkanes) is 3. The second kappa shape index (κ2) is 11.0. The van der Waals surface area contributed by atoms with Crippen molar-refractivity contribution in [1.82, 2.24) is 0 Å². The van der Waals surface area contributed by atoms with E-state index in [1.807, 2.05) is 56.3 Å². The van der Waals surface area contributed by atoms with Crippen LogP contribution in [0.1, 0.15) is 58.9 Å². The fourth-order valence-corrected chi connectivity index (χ4v) is 9.32. The number of aliphatic hydroxyl groups excluding tert-OH is 2. The molecule has 46 heavy (non-hydrogen) atoms. The number of allylic oxidation sites excluding steroid dienone is 3. The molecule has 0 amide bonds. The van der Waals surface area contributed by atoms with Crippen molar-refractivity contribution in [3.8, 4) is 0 Å². The first kappa shape index (κ1) is 32.1. The summed E-state index contributed by atoms with van der Waals surface area (Å²) in [5, 5.41) is 34.9. The molecule has 0 aromatic heterocycles. The fraction of sp³-hybridized carbons (Fsp3) is 0.595. The number of ether oxygens (including phenoxy) is 5. The van der Waals surface area contributed by atoms with Crippen molar-refractivity contribution in [2.45, 2.75) is 113 Å². The summed E-state index contributed by atoms with van der Waals surface area (Å²) in [7, 11) is 0. The predicted molar refractivity (Wildman–Crippen MR) is 168 cm³/mol. The van der Waals surface area contributed by atoms with Crippen LogP contribution >= 0.6 is 0 Å². The average Bonchev–Trinajstić information content (AvgIpc) is 3.67. The van der Waals surface area contributed by atoms with E-state index in [1.165, 1.54) is 0 Å². The number of Topliss-reactive ketones (excluding diaryl/α,β-unsaturated/α-hetero) is 1. The number of epoxide rings is 1. The summed E-state index contributed by atoms with van der Waals surface area (Å²) in [6, 6.07) is 9.80. The molecular formula is C37H46O9. The van der Waals surface area contributed by atoms with Gasteiger partial charge in [-0.05, 0) is 43.4 Å². The lowest BCUT2D eigenvalue weighted by Gasteiger charge is -2.61. The van der Waals surface area contributed by atoms with Crippen LogP contribution in [0.15, 0.2) is 78.4 Å². The van der Waals surface area contributed by atoms with Gasteiger partial charge in [-0.2, -0.15) is 0 Å². The zero-order chi connectivity index (χ0) is 32.7. The third kappa shape index (κ3) is 4.07. The van der Waals surface area contributed by atoms with Crippen LogP contribution in [0, 0.1) is 17.8 Å². The van der Waals surface area contributed by atoms with Gasteiger partial charge in [-0.3, -0.25) is 4.79 Å². The lowest BCUT2D eigenvalue weighted by atomic mass is 9.53. The Kier molecular flexibility index (Phi) is 7.70. The fourth-order valence-electron chi connectivity index (χ4n) is 9.32. The molecule has 1 aromatic carbocycles. The molecule has 3 N–H and O–H groups in total. The van der Waals surface area contributed by atoms with Crippen molar-refractivity contribution in [2.24, 2.45) is 17.8 Å². The Morgan fingerprint density at radius 3 is 2.57 bits per heavy atom. The Labute approximate surface area is 270 Å². The summed E-state index contributed by atoms with van der Waals surface area (Å²) >= 11 is 0. The van der Waals surface area contributed by atoms with E-state index in [9.17, 15) is 20.1 Å². The van der Waals surface area contributed by atoms with Crippen LogP contribution in [0.4, 0.5) is 0 Å². The van der Waals surface area contributed by atoms with E-state index in [0.717, 1.165) is 31.2 Å². The van der Waals surface area contributed by atoms with Gasteiger partial charge in [0.05, 0.1) is 24.9 Å². The van der Waals surface area contributed by atoms with Gasteiger partial charge in [-0.25, -0.2) is 0 Å². The molecule has 1 aromatic rings. The maximum Gasteiger partial charge on any atom is 0.306 e. The summed E-state index contributed by atoms with van der Waals surface area (Å²) in [6.45, 7) is 11.7.